The molecule has 2 aromatic rings. The maximum absolute atomic E-state index is 13.9. The average molecular weight is 639 g/mol. The van der Waals surface area contributed by atoms with E-state index < -0.39 is 28.4 Å². The number of carbonyl (C=O) groups excluding carboxylic acids is 2. The molecule has 3 aliphatic rings. The van der Waals surface area contributed by atoms with Crippen LogP contribution in [0.5, 0.6) is 0 Å². The fourth-order valence-electron chi connectivity index (χ4n) is 6.76. The highest BCUT2D eigenvalue weighted by Crippen LogP contribution is 2.40. The number of sulfonamides is 1. The predicted octanol–water partition coefficient (Wildman–Crippen LogP) is 6.81. The molecule has 1 aliphatic carbocycles. The van der Waals surface area contributed by atoms with Gasteiger partial charge in [-0.2, -0.15) is 0 Å². The lowest BCUT2D eigenvalue weighted by molar-refractivity contribution is 0.0226. The van der Waals surface area contributed by atoms with Crippen LogP contribution < -0.4 is 19.4 Å². The zero-order chi connectivity index (χ0) is 32.2. The summed E-state index contributed by atoms with van der Waals surface area (Å²) in [6.07, 6.45) is 15.2. The van der Waals surface area contributed by atoms with Gasteiger partial charge in [0.1, 0.15) is 0 Å². The topological polar surface area (TPSA) is 108 Å². The van der Waals surface area contributed by atoms with Crippen LogP contribution in [0.25, 0.3) is 11.1 Å². The van der Waals surface area contributed by atoms with Gasteiger partial charge >= 0.3 is 12.2 Å². The van der Waals surface area contributed by atoms with Crippen molar-refractivity contribution < 1.29 is 27.5 Å². The zero-order valence-electron chi connectivity index (χ0n) is 26.8. The Bertz CT molecular complexity index is 1510. The van der Waals surface area contributed by atoms with Crippen molar-refractivity contribution in [2.45, 2.75) is 88.9 Å². The Morgan fingerprint density at radius 2 is 1.64 bits per heavy atom. The number of rotatable bonds is 4. The normalized spacial score (nSPS) is 24.8. The fourth-order valence-corrected chi connectivity index (χ4v) is 7.27. The quantitative estimate of drug-likeness (QED) is 0.367. The third-order valence-corrected chi connectivity index (χ3v) is 10.6. The minimum atomic E-state index is -3.39. The Hall–Kier alpha value is -3.57. The molecule has 5 rings (SSSR count). The highest BCUT2D eigenvalue weighted by Gasteiger charge is 2.40. The van der Waals surface area contributed by atoms with Gasteiger partial charge in [0.05, 0.1) is 43.0 Å². The fraction of sp³-hybridized carbons (Fsp3) is 0.529. The van der Waals surface area contributed by atoms with Crippen LogP contribution in [0.2, 0.25) is 0 Å². The first kappa shape index (κ1) is 32.8. The molecule has 2 unspecified atom stereocenters. The van der Waals surface area contributed by atoms with Crippen LogP contribution in [-0.4, -0.2) is 65.4 Å². The maximum atomic E-state index is 13.9. The molecule has 2 amide bonds. The SMILES string of the molecule is COC(=O)N1c2ccc(-c3ccc(N(C)S(C)(=O)=O)cc3)cc2N(C(=O)OC2CCCC3(C/C=C\CCCCCC3)N2)C[C@@H]1C. The Morgan fingerprint density at radius 3 is 2.38 bits per heavy atom. The van der Waals surface area contributed by atoms with E-state index in [1.54, 1.807) is 21.9 Å². The molecule has 1 saturated heterocycles. The number of ether oxygens (including phenoxy) is 2. The summed E-state index contributed by atoms with van der Waals surface area (Å²) in [7, 11) is -0.541. The number of allylic oxidation sites excluding steroid dienone is 1. The summed E-state index contributed by atoms with van der Waals surface area (Å²) in [6, 6.07) is 12.4. The highest BCUT2D eigenvalue weighted by molar-refractivity contribution is 7.92. The predicted molar refractivity (Wildman–Crippen MR) is 178 cm³/mol. The molecule has 0 saturated carbocycles. The lowest BCUT2D eigenvalue weighted by Crippen LogP contribution is -2.57. The number of piperidine rings is 1. The van der Waals surface area contributed by atoms with E-state index in [0.29, 0.717) is 17.1 Å². The average Bonchev–Trinajstić information content (AvgIpc) is 3.02. The van der Waals surface area contributed by atoms with E-state index in [0.717, 1.165) is 62.3 Å². The summed E-state index contributed by atoms with van der Waals surface area (Å²) in [5, 5.41) is 3.74. The van der Waals surface area contributed by atoms with E-state index in [9.17, 15) is 18.0 Å². The van der Waals surface area contributed by atoms with Crippen molar-refractivity contribution in [3.05, 3.63) is 54.6 Å². The summed E-state index contributed by atoms with van der Waals surface area (Å²) in [5.41, 5.74) is 3.21. The van der Waals surface area contributed by atoms with Crippen LogP contribution in [0.15, 0.2) is 54.6 Å². The molecule has 45 heavy (non-hydrogen) atoms. The Kier molecular flexibility index (Phi) is 10.1. The van der Waals surface area contributed by atoms with Crippen molar-refractivity contribution in [2.75, 3.05) is 41.1 Å². The van der Waals surface area contributed by atoms with Gasteiger partial charge in [-0.1, -0.05) is 49.6 Å². The summed E-state index contributed by atoms with van der Waals surface area (Å²) >= 11 is 0. The Morgan fingerprint density at radius 1 is 0.933 bits per heavy atom. The van der Waals surface area contributed by atoms with Crippen LogP contribution >= 0.6 is 0 Å². The Labute approximate surface area is 267 Å². The summed E-state index contributed by atoms with van der Waals surface area (Å²) < 4.78 is 36.5. The molecule has 0 aromatic heterocycles. The number of carbonyl (C=O) groups is 2. The molecule has 244 valence electrons. The number of nitrogens with zero attached hydrogens (tertiary/aromatic N) is 3. The lowest BCUT2D eigenvalue weighted by Gasteiger charge is -2.43. The number of methoxy groups -OCH3 is 1. The summed E-state index contributed by atoms with van der Waals surface area (Å²) in [6.45, 7) is 2.12. The Balaban J connectivity index is 1.41. The molecule has 2 heterocycles. The van der Waals surface area contributed by atoms with Gasteiger partial charge < -0.3 is 9.47 Å². The molecule has 1 N–H and O–H groups in total. The maximum Gasteiger partial charge on any atom is 0.416 e. The van der Waals surface area contributed by atoms with Gasteiger partial charge in [-0.15, -0.1) is 0 Å². The van der Waals surface area contributed by atoms with Crippen LogP contribution in [0.1, 0.15) is 71.1 Å². The molecular weight excluding hydrogens is 592 g/mol. The molecule has 2 aliphatic heterocycles. The number of anilines is 3. The van der Waals surface area contributed by atoms with E-state index in [2.05, 4.69) is 17.5 Å². The second kappa shape index (κ2) is 13.8. The number of nitrogens with one attached hydrogen (secondary N) is 1. The third kappa shape index (κ3) is 7.47. The van der Waals surface area contributed by atoms with Crippen molar-refractivity contribution in [1.29, 1.82) is 0 Å². The monoisotopic (exact) mass is 638 g/mol. The molecular formula is C34H46N4O6S. The van der Waals surface area contributed by atoms with Gasteiger partial charge in [0.25, 0.3) is 0 Å². The van der Waals surface area contributed by atoms with Crippen molar-refractivity contribution in [3.63, 3.8) is 0 Å². The van der Waals surface area contributed by atoms with Gasteiger partial charge in [-0.3, -0.25) is 19.4 Å². The standard InChI is InChI=1S/C34H46N4O6S/c1-25-24-37(32(39)44-31-13-12-22-34(35-31)20-10-8-6-5-7-9-11-21-34)30-23-27(16-19-29(30)38(25)33(40)43-3)26-14-17-28(18-15-26)36(2)45(4,41)42/h8,10,14-19,23,25,31,35H,5-7,9,11-13,20-22,24H2,1-4H3/b10-8-/t25-,31?,34?/m0/s1. The van der Waals surface area contributed by atoms with E-state index in [1.807, 2.05) is 37.3 Å². The van der Waals surface area contributed by atoms with Crippen molar-refractivity contribution >= 4 is 39.3 Å². The lowest BCUT2D eigenvalue weighted by atomic mass is 9.80. The van der Waals surface area contributed by atoms with Gasteiger partial charge in [0, 0.05) is 12.6 Å². The van der Waals surface area contributed by atoms with Gasteiger partial charge in [0.15, 0.2) is 6.23 Å². The van der Waals surface area contributed by atoms with Crippen molar-refractivity contribution in [2.24, 2.45) is 0 Å². The molecule has 1 fully saturated rings. The van der Waals surface area contributed by atoms with E-state index in [-0.39, 0.29) is 18.1 Å². The first-order valence-electron chi connectivity index (χ1n) is 16.0. The molecule has 0 bridgehead atoms. The molecule has 11 heteroatoms. The number of amides is 2. The summed E-state index contributed by atoms with van der Waals surface area (Å²) in [4.78, 5) is 29.9. The number of fused-ring (bicyclic) bond motifs is 1. The molecule has 0 radical (unpaired) electrons. The van der Waals surface area contributed by atoms with Gasteiger partial charge in [-0.25, -0.2) is 18.0 Å². The van der Waals surface area contributed by atoms with E-state index in [1.165, 1.54) is 37.7 Å². The molecule has 1 spiro atoms. The van der Waals surface area contributed by atoms with Crippen LogP contribution in [0, 0.1) is 0 Å². The van der Waals surface area contributed by atoms with Gasteiger partial charge in [-0.05, 0) is 87.3 Å². The first-order chi connectivity index (χ1) is 21.5. The molecule has 2 aromatic carbocycles. The van der Waals surface area contributed by atoms with Crippen LogP contribution in [-0.2, 0) is 19.5 Å². The third-order valence-electron chi connectivity index (χ3n) is 9.35. The zero-order valence-corrected chi connectivity index (χ0v) is 27.6. The second-order valence-electron chi connectivity index (χ2n) is 12.6. The largest absolute Gasteiger partial charge is 0.452 e. The number of hydrogen-bond donors (Lipinski definition) is 1. The van der Waals surface area contributed by atoms with E-state index in [4.69, 9.17) is 9.47 Å². The smallest absolute Gasteiger partial charge is 0.416 e. The van der Waals surface area contributed by atoms with Gasteiger partial charge in [0.2, 0.25) is 10.0 Å². The van der Waals surface area contributed by atoms with Crippen LogP contribution in [0.3, 0.4) is 0 Å². The molecule has 10 nitrogen and oxygen atoms in total. The van der Waals surface area contributed by atoms with Crippen molar-refractivity contribution in [1.82, 2.24) is 5.32 Å². The number of hydrogen-bond acceptors (Lipinski definition) is 7. The first-order valence-corrected chi connectivity index (χ1v) is 17.8. The minimum Gasteiger partial charge on any atom is -0.452 e. The number of benzene rings is 2. The van der Waals surface area contributed by atoms with E-state index >= 15 is 0 Å². The highest BCUT2D eigenvalue weighted by atomic mass is 32.2. The minimum absolute atomic E-state index is 0.0731. The second-order valence-corrected chi connectivity index (χ2v) is 14.6. The van der Waals surface area contributed by atoms with Crippen molar-refractivity contribution in [3.8, 4) is 11.1 Å². The molecule has 3 atom stereocenters. The van der Waals surface area contributed by atoms with Crippen LogP contribution in [0.4, 0.5) is 26.7 Å². The summed E-state index contributed by atoms with van der Waals surface area (Å²) in [5.74, 6) is 0.